The van der Waals surface area contributed by atoms with E-state index in [9.17, 15) is 0 Å². The highest BCUT2D eigenvalue weighted by Crippen LogP contribution is 2.46. The Bertz CT molecular complexity index is 439. The van der Waals surface area contributed by atoms with Crippen LogP contribution in [0.3, 0.4) is 0 Å². The maximum Gasteiger partial charge on any atom is 0.0693 e. The molecule has 3 rings (SSSR count). The van der Waals surface area contributed by atoms with E-state index in [-0.39, 0.29) is 5.60 Å². The van der Waals surface area contributed by atoms with Crippen LogP contribution >= 0.6 is 23.4 Å². The zero-order valence-corrected chi connectivity index (χ0v) is 12.6. The highest BCUT2D eigenvalue weighted by Gasteiger charge is 2.40. The average Bonchev–Trinajstić information content (AvgIpc) is 2.82. The van der Waals surface area contributed by atoms with Gasteiger partial charge in [-0.1, -0.05) is 30.5 Å². The maximum absolute atomic E-state index is 6.27. The van der Waals surface area contributed by atoms with Crippen LogP contribution in [0.1, 0.15) is 38.5 Å². The van der Waals surface area contributed by atoms with Gasteiger partial charge in [0.15, 0.2) is 0 Å². The number of rotatable bonds is 2. The predicted molar refractivity (Wildman–Crippen MR) is 81.9 cm³/mol. The van der Waals surface area contributed by atoms with Gasteiger partial charge < -0.3 is 10.5 Å². The normalized spacial score (nSPS) is 25.8. The molecule has 0 radical (unpaired) electrons. The van der Waals surface area contributed by atoms with Crippen molar-refractivity contribution in [2.24, 2.45) is 0 Å². The Labute approximate surface area is 124 Å². The van der Waals surface area contributed by atoms with Crippen LogP contribution in [-0.4, -0.2) is 17.5 Å². The minimum Gasteiger partial charge on any atom is -0.398 e. The molecule has 2 fully saturated rings. The van der Waals surface area contributed by atoms with Crippen molar-refractivity contribution in [2.75, 3.05) is 12.3 Å². The van der Waals surface area contributed by atoms with Gasteiger partial charge in [0.05, 0.1) is 10.6 Å². The molecule has 4 heteroatoms. The molecule has 104 valence electrons. The van der Waals surface area contributed by atoms with E-state index in [4.69, 9.17) is 22.1 Å². The van der Waals surface area contributed by atoms with Crippen molar-refractivity contribution in [1.82, 2.24) is 0 Å². The summed E-state index contributed by atoms with van der Waals surface area (Å²) >= 11 is 8.11. The second-order valence-electron chi connectivity index (χ2n) is 5.63. The summed E-state index contributed by atoms with van der Waals surface area (Å²) in [6.07, 6.45) is 7.31. The molecule has 1 saturated heterocycles. The highest BCUT2D eigenvalue weighted by atomic mass is 35.5. The topological polar surface area (TPSA) is 35.2 Å². The smallest absolute Gasteiger partial charge is 0.0693 e. The minimum absolute atomic E-state index is 0.159. The van der Waals surface area contributed by atoms with Gasteiger partial charge in [0.25, 0.3) is 0 Å². The van der Waals surface area contributed by atoms with Gasteiger partial charge in [0, 0.05) is 22.4 Å². The van der Waals surface area contributed by atoms with Gasteiger partial charge >= 0.3 is 0 Å². The third-order valence-corrected chi connectivity index (χ3v) is 6.10. The molecule has 0 bridgehead atoms. The Morgan fingerprint density at radius 3 is 2.84 bits per heavy atom. The van der Waals surface area contributed by atoms with Crippen LogP contribution in [0.2, 0.25) is 5.02 Å². The number of hydrogen-bond acceptors (Lipinski definition) is 3. The van der Waals surface area contributed by atoms with Crippen LogP contribution < -0.4 is 5.73 Å². The van der Waals surface area contributed by atoms with Crippen molar-refractivity contribution in [2.45, 2.75) is 54.3 Å². The van der Waals surface area contributed by atoms with Crippen molar-refractivity contribution in [1.29, 1.82) is 0 Å². The maximum atomic E-state index is 6.27. The zero-order valence-electron chi connectivity index (χ0n) is 11.0. The van der Waals surface area contributed by atoms with E-state index in [1.54, 1.807) is 0 Å². The number of hydrogen-bond donors (Lipinski definition) is 1. The number of thioether (sulfide) groups is 1. The Kier molecular flexibility index (Phi) is 3.97. The fraction of sp³-hybridized carbons (Fsp3) is 0.600. The molecule has 1 aromatic rings. The van der Waals surface area contributed by atoms with Gasteiger partial charge in [-0.25, -0.2) is 0 Å². The molecule has 1 atom stereocenters. The Hall–Kier alpha value is -0.380. The largest absolute Gasteiger partial charge is 0.398 e. The molecule has 1 saturated carbocycles. The molecule has 2 aliphatic rings. The van der Waals surface area contributed by atoms with Crippen LogP contribution in [-0.2, 0) is 4.74 Å². The molecule has 0 aromatic heterocycles. The van der Waals surface area contributed by atoms with Gasteiger partial charge in [-0.2, -0.15) is 0 Å². The van der Waals surface area contributed by atoms with Crippen LogP contribution in [0.5, 0.6) is 0 Å². The SMILES string of the molecule is Nc1cccc(Cl)c1SC1CCOC2(CCCC2)C1. The average molecular weight is 298 g/mol. The lowest BCUT2D eigenvalue weighted by Crippen LogP contribution is -2.38. The van der Waals surface area contributed by atoms with E-state index in [0.29, 0.717) is 5.25 Å². The lowest BCUT2D eigenvalue weighted by molar-refractivity contribution is -0.0703. The molecule has 1 aromatic carbocycles. The summed E-state index contributed by atoms with van der Waals surface area (Å²) in [6, 6.07) is 5.76. The summed E-state index contributed by atoms with van der Waals surface area (Å²) in [4.78, 5) is 1.05. The first-order chi connectivity index (χ1) is 9.19. The Balaban J connectivity index is 1.73. The minimum atomic E-state index is 0.159. The standard InChI is InChI=1S/C15H20ClNOS/c16-12-4-3-5-13(17)14(12)19-11-6-9-18-15(10-11)7-1-2-8-15/h3-5,11H,1-2,6-10,17H2. The zero-order chi connectivity index (χ0) is 13.3. The summed E-state index contributed by atoms with van der Waals surface area (Å²) < 4.78 is 6.08. The van der Waals surface area contributed by atoms with Gasteiger partial charge in [-0.05, 0) is 37.8 Å². The molecule has 0 amide bonds. The summed E-state index contributed by atoms with van der Waals surface area (Å²) in [5.41, 5.74) is 7.00. The second kappa shape index (κ2) is 5.55. The first-order valence-electron chi connectivity index (χ1n) is 7.03. The first kappa shape index (κ1) is 13.6. The van der Waals surface area contributed by atoms with E-state index < -0.39 is 0 Å². The number of halogens is 1. The van der Waals surface area contributed by atoms with Crippen LogP contribution in [0.15, 0.2) is 23.1 Å². The van der Waals surface area contributed by atoms with E-state index in [1.807, 2.05) is 30.0 Å². The fourth-order valence-electron chi connectivity index (χ4n) is 3.27. The van der Waals surface area contributed by atoms with Gasteiger partial charge in [0.1, 0.15) is 0 Å². The number of benzene rings is 1. The van der Waals surface area contributed by atoms with Crippen molar-refractivity contribution in [3.05, 3.63) is 23.2 Å². The van der Waals surface area contributed by atoms with Crippen LogP contribution in [0.25, 0.3) is 0 Å². The van der Waals surface area contributed by atoms with Gasteiger partial charge in [0.2, 0.25) is 0 Å². The van der Waals surface area contributed by atoms with Crippen molar-refractivity contribution < 1.29 is 4.74 Å². The Morgan fingerprint density at radius 2 is 2.11 bits per heavy atom. The number of nitrogens with two attached hydrogens (primary N) is 1. The number of anilines is 1. The fourth-order valence-corrected chi connectivity index (χ4v) is 4.90. The quantitative estimate of drug-likeness (QED) is 0.816. The monoisotopic (exact) mass is 297 g/mol. The summed E-state index contributed by atoms with van der Waals surface area (Å²) in [5, 5.41) is 1.35. The van der Waals surface area contributed by atoms with Crippen molar-refractivity contribution in [3.63, 3.8) is 0 Å². The van der Waals surface area contributed by atoms with Crippen LogP contribution in [0.4, 0.5) is 5.69 Å². The molecular formula is C15H20ClNOS. The molecule has 2 N–H and O–H groups in total. The lowest BCUT2D eigenvalue weighted by Gasteiger charge is -2.38. The van der Waals surface area contributed by atoms with Crippen molar-refractivity contribution >= 4 is 29.1 Å². The molecule has 1 aliphatic heterocycles. The molecule has 1 unspecified atom stereocenters. The third kappa shape index (κ3) is 2.88. The predicted octanol–water partition coefficient (Wildman–Crippen LogP) is 4.51. The lowest BCUT2D eigenvalue weighted by atomic mass is 9.92. The van der Waals surface area contributed by atoms with Crippen LogP contribution in [0, 0.1) is 0 Å². The molecule has 1 spiro atoms. The Morgan fingerprint density at radius 1 is 1.32 bits per heavy atom. The summed E-state index contributed by atoms with van der Waals surface area (Å²) in [7, 11) is 0. The highest BCUT2D eigenvalue weighted by molar-refractivity contribution is 8.00. The first-order valence-corrected chi connectivity index (χ1v) is 8.29. The van der Waals surface area contributed by atoms with Crippen molar-refractivity contribution in [3.8, 4) is 0 Å². The van der Waals surface area contributed by atoms with E-state index in [1.165, 1.54) is 25.7 Å². The number of nitrogen functional groups attached to an aromatic ring is 1. The van der Waals surface area contributed by atoms with Gasteiger partial charge in [-0.3, -0.25) is 0 Å². The second-order valence-corrected chi connectivity index (χ2v) is 7.35. The van der Waals surface area contributed by atoms with E-state index in [2.05, 4.69) is 0 Å². The summed E-state index contributed by atoms with van der Waals surface area (Å²) in [5.74, 6) is 0. The number of ether oxygens (including phenoxy) is 1. The van der Waals surface area contributed by atoms with E-state index >= 15 is 0 Å². The molecular weight excluding hydrogens is 278 g/mol. The third-order valence-electron chi connectivity index (χ3n) is 4.24. The molecule has 1 aliphatic carbocycles. The van der Waals surface area contributed by atoms with E-state index in [0.717, 1.165) is 35.1 Å². The molecule has 1 heterocycles. The molecule has 2 nitrogen and oxygen atoms in total. The summed E-state index contributed by atoms with van der Waals surface area (Å²) in [6.45, 7) is 0.877. The van der Waals surface area contributed by atoms with Gasteiger partial charge in [-0.15, -0.1) is 11.8 Å². The molecule has 19 heavy (non-hydrogen) atoms.